The minimum Gasteiger partial charge on any atom is -0.378 e. The molecule has 2 aliphatic heterocycles. The van der Waals surface area contributed by atoms with Crippen LogP contribution in [0.4, 0.5) is 5.69 Å². The first-order valence-corrected chi connectivity index (χ1v) is 9.72. The molecule has 0 N–H and O–H groups in total. The number of hydrogen-bond donors (Lipinski definition) is 0. The van der Waals surface area contributed by atoms with Gasteiger partial charge in [0.15, 0.2) is 0 Å². The van der Waals surface area contributed by atoms with Crippen molar-refractivity contribution < 1.29 is 14.3 Å². The molecule has 0 bridgehead atoms. The van der Waals surface area contributed by atoms with E-state index in [1.165, 1.54) is 16.7 Å². The Balaban J connectivity index is 1.73. The molecule has 0 aliphatic carbocycles. The minimum absolute atomic E-state index is 0.260. The molecule has 0 atom stereocenters. The van der Waals surface area contributed by atoms with Gasteiger partial charge in [0.05, 0.1) is 18.9 Å². The van der Waals surface area contributed by atoms with E-state index in [4.69, 9.17) is 4.74 Å². The van der Waals surface area contributed by atoms with Crippen LogP contribution in [0, 0.1) is 6.92 Å². The summed E-state index contributed by atoms with van der Waals surface area (Å²) in [6.07, 6.45) is 0. The summed E-state index contributed by atoms with van der Waals surface area (Å²) in [4.78, 5) is 31.2. The second-order valence-electron chi connectivity index (χ2n) is 6.47. The Kier molecular flexibility index (Phi) is 5.01. The molecule has 2 aromatic carbocycles. The summed E-state index contributed by atoms with van der Waals surface area (Å²) in [7, 11) is 0. The topological polar surface area (TPSA) is 49.9 Å². The van der Waals surface area contributed by atoms with Gasteiger partial charge in [0.2, 0.25) is 0 Å². The summed E-state index contributed by atoms with van der Waals surface area (Å²) in [5, 5.41) is 0. The third-order valence-corrected chi connectivity index (χ3v) is 5.68. The van der Waals surface area contributed by atoms with Crippen LogP contribution in [0.3, 0.4) is 0 Å². The molecule has 2 aliphatic rings. The normalized spacial score (nSPS) is 17.8. The number of morpholine rings is 1. The van der Waals surface area contributed by atoms with Gasteiger partial charge in [-0.25, -0.2) is 4.90 Å². The maximum atomic E-state index is 13.3. The van der Waals surface area contributed by atoms with E-state index in [-0.39, 0.29) is 11.8 Å². The smallest absolute Gasteiger partial charge is 0.283 e. The van der Waals surface area contributed by atoms with Gasteiger partial charge < -0.3 is 9.64 Å². The third-order valence-electron chi connectivity index (χ3n) is 4.60. The van der Waals surface area contributed by atoms with Crippen LogP contribution in [0.2, 0.25) is 0 Å². The monoisotopic (exact) mass is 380 g/mol. The van der Waals surface area contributed by atoms with Crippen molar-refractivity contribution in [3.8, 4) is 0 Å². The van der Waals surface area contributed by atoms with Gasteiger partial charge in [0.25, 0.3) is 11.8 Å². The molecule has 0 aromatic heterocycles. The van der Waals surface area contributed by atoms with Crippen LogP contribution in [-0.4, -0.2) is 43.0 Å². The highest BCUT2D eigenvalue weighted by Gasteiger charge is 2.42. The fourth-order valence-corrected chi connectivity index (χ4v) is 4.21. The summed E-state index contributed by atoms with van der Waals surface area (Å²) < 4.78 is 5.42. The number of carbonyl (C=O) groups is 2. The van der Waals surface area contributed by atoms with E-state index in [1.54, 1.807) is 0 Å². The van der Waals surface area contributed by atoms with Crippen molar-refractivity contribution in [3.63, 3.8) is 0 Å². The molecular weight excluding hydrogens is 360 g/mol. The summed E-state index contributed by atoms with van der Waals surface area (Å²) in [6.45, 7) is 4.30. The average Bonchev–Trinajstić information content (AvgIpc) is 2.94. The highest BCUT2D eigenvalue weighted by molar-refractivity contribution is 8.04. The molecule has 5 nitrogen and oxygen atoms in total. The van der Waals surface area contributed by atoms with Crippen molar-refractivity contribution in [2.24, 2.45) is 0 Å². The van der Waals surface area contributed by atoms with Crippen molar-refractivity contribution in [3.05, 3.63) is 70.8 Å². The van der Waals surface area contributed by atoms with Crippen LogP contribution < -0.4 is 4.90 Å². The number of imide groups is 1. The highest BCUT2D eigenvalue weighted by Crippen LogP contribution is 2.38. The van der Waals surface area contributed by atoms with Crippen LogP contribution in [0.1, 0.15) is 5.56 Å². The lowest BCUT2D eigenvalue weighted by Gasteiger charge is -2.29. The van der Waals surface area contributed by atoms with E-state index in [1.807, 2.05) is 66.4 Å². The van der Waals surface area contributed by atoms with Gasteiger partial charge in [0.1, 0.15) is 10.6 Å². The molecule has 2 amide bonds. The van der Waals surface area contributed by atoms with Gasteiger partial charge in [-0.05, 0) is 31.2 Å². The maximum absolute atomic E-state index is 13.3. The molecule has 2 heterocycles. The van der Waals surface area contributed by atoms with E-state index >= 15 is 0 Å². The predicted molar refractivity (Wildman–Crippen MR) is 105 cm³/mol. The van der Waals surface area contributed by atoms with E-state index < -0.39 is 0 Å². The number of carbonyl (C=O) groups excluding carboxylic acids is 2. The maximum Gasteiger partial charge on any atom is 0.283 e. The van der Waals surface area contributed by atoms with Crippen LogP contribution in [0.15, 0.2) is 70.1 Å². The van der Waals surface area contributed by atoms with Gasteiger partial charge in [-0.15, -0.1) is 0 Å². The second kappa shape index (κ2) is 7.58. The Morgan fingerprint density at radius 1 is 0.889 bits per heavy atom. The molecule has 0 radical (unpaired) electrons. The number of ether oxygens (including phenoxy) is 1. The Labute approximate surface area is 162 Å². The van der Waals surface area contributed by atoms with E-state index in [0.29, 0.717) is 42.6 Å². The molecule has 6 heteroatoms. The lowest BCUT2D eigenvalue weighted by molar-refractivity contribution is -0.121. The van der Waals surface area contributed by atoms with Crippen molar-refractivity contribution >= 4 is 29.3 Å². The van der Waals surface area contributed by atoms with Gasteiger partial charge >= 0.3 is 0 Å². The third kappa shape index (κ3) is 3.50. The zero-order valence-electron chi connectivity index (χ0n) is 15.1. The molecule has 0 unspecified atom stereocenters. The lowest BCUT2D eigenvalue weighted by atomic mass is 10.2. The van der Waals surface area contributed by atoms with Gasteiger partial charge in [-0.3, -0.25) is 9.59 Å². The van der Waals surface area contributed by atoms with E-state index in [0.717, 1.165) is 10.5 Å². The number of aryl methyl sites for hydroxylation is 1. The van der Waals surface area contributed by atoms with Gasteiger partial charge in [0, 0.05) is 18.0 Å². The van der Waals surface area contributed by atoms with Gasteiger partial charge in [-0.2, -0.15) is 0 Å². The fraction of sp³-hybridized carbons (Fsp3) is 0.238. The standard InChI is InChI=1S/C21H20N2O3S/c1-15-7-9-16(10-8-15)23-20(24)18(22-11-13-26-14-12-22)19(21(23)25)27-17-5-3-2-4-6-17/h2-10H,11-14H2,1H3. The number of amides is 2. The number of benzene rings is 2. The lowest BCUT2D eigenvalue weighted by Crippen LogP contribution is -2.40. The first-order chi connectivity index (χ1) is 13.1. The van der Waals surface area contributed by atoms with Crippen molar-refractivity contribution in [1.29, 1.82) is 0 Å². The summed E-state index contributed by atoms with van der Waals surface area (Å²) in [6, 6.07) is 17.1. The molecule has 1 saturated heterocycles. The van der Waals surface area contributed by atoms with E-state index in [9.17, 15) is 9.59 Å². The molecule has 4 rings (SSSR count). The predicted octanol–water partition coefficient (Wildman–Crippen LogP) is 3.20. The molecule has 0 saturated carbocycles. The number of thioether (sulfide) groups is 1. The Bertz CT molecular complexity index is 887. The second-order valence-corrected chi connectivity index (χ2v) is 7.56. The van der Waals surface area contributed by atoms with Crippen LogP contribution >= 0.6 is 11.8 Å². The largest absolute Gasteiger partial charge is 0.378 e. The summed E-state index contributed by atoms with van der Waals surface area (Å²) in [5.41, 5.74) is 2.17. The number of hydrogen-bond acceptors (Lipinski definition) is 5. The summed E-state index contributed by atoms with van der Waals surface area (Å²) in [5.74, 6) is -0.525. The van der Waals surface area contributed by atoms with Crippen LogP contribution in [-0.2, 0) is 14.3 Å². The van der Waals surface area contributed by atoms with Crippen molar-refractivity contribution in [2.75, 3.05) is 31.2 Å². The number of rotatable bonds is 4. The SMILES string of the molecule is Cc1ccc(N2C(=O)C(Sc3ccccc3)=C(N3CCOCC3)C2=O)cc1. The Morgan fingerprint density at radius 3 is 2.22 bits per heavy atom. The first kappa shape index (κ1) is 17.8. The Morgan fingerprint density at radius 2 is 1.56 bits per heavy atom. The van der Waals surface area contributed by atoms with E-state index in [2.05, 4.69) is 0 Å². The highest BCUT2D eigenvalue weighted by atomic mass is 32.2. The summed E-state index contributed by atoms with van der Waals surface area (Å²) >= 11 is 1.35. The molecule has 27 heavy (non-hydrogen) atoms. The van der Waals surface area contributed by atoms with Crippen LogP contribution in [0.25, 0.3) is 0 Å². The van der Waals surface area contributed by atoms with Crippen LogP contribution in [0.5, 0.6) is 0 Å². The molecule has 1 fully saturated rings. The van der Waals surface area contributed by atoms with Gasteiger partial charge in [-0.1, -0.05) is 47.7 Å². The molecular formula is C21H20N2O3S. The average molecular weight is 380 g/mol. The Hall–Kier alpha value is -2.57. The molecule has 138 valence electrons. The zero-order valence-corrected chi connectivity index (χ0v) is 15.9. The van der Waals surface area contributed by atoms with Crippen molar-refractivity contribution in [2.45, 2.75) is 11.8 Å². The number of anilines is 1. The minimum atomic E-state index is -0.265. The molecule has 0 spiro atoms. The fourth-order valence-electron chi connectivity index (χ4n) is 3.19. The van der Waals surface area contributed by atoms with Crippen molar-refractivity contribution in [1.82, 2.24) is 4.90 Å². The molecule has 2 aromatic rings. The zero-order chi connectivity index (χ0) is 18.8. The number of nitrogens with zero attached hydrogens (tertiary/aromatic N) is 2. The first-order valence-electron chi connectivity index (χ1n) is 8.90. The quantitative estimate of drug-likeness (QED) is 0.763.